The summed E-state index contributed by atoms with van der Waals surface area (Å²) >= 11 is 0. The van der Waals surface area contributed by atoms with E-state index in [9.17, 15) is 0 Å². The summed E-state index contributed by atoms with van der Waals surface area (Å²) in [5.74, 6) is 0. The maximum Gasteiger partial charge on any atom is -0.0316 e. The maximum atomic E-state index is 3.63. The molecule has 18 heavy (non-hydrogen) atoms. The molecule has 0 radical (unpaired) electrons. The molecule has 1 rings (SSSR count). The molecule has 0 fully saturated rings. The van der Waals surface area contributed by atoms with Crippen molar-refractivity contribution in [2.75, 3.05) is 0 Å². The molecule has 1 aliphatic rings. The molecule has 0 heterocycles. The van der Waals surface area contributed by atoms with E-state index in [0.29, 0.717) is 0 Å². The lowest BCUT2D eigenvalue weighted by atomic mass is 10.1. The molecule has 0 nitrogen and oxygen atoms in total. The Hall–Kier alpha value is -1.04. The van der Waals surface area contributed by atoms with Crippen molar-refractivity contribution in [3.63, 3.8) is 0 Å². The highest BCUT2D eigenvalue weighted by atomic mass is 13.9. The van der Waals surface area contributed by atoms with Crippen LogP contribution in [-0.4, -0.2) is 0 Å². The van der Waals surface area contributed by atoms with E-state index >= 15 is 0 Å². The highest BCUT2D eigenvalue weighted by molar-refractivity contribution is 4.89. The van der Waals surface area contributed by atoms with Crippen LogP contribution in [0.4, 0.5) is 0 Å². The van der Waals surface area contributed by atoms with Crippen molar-refractivity contribution >= 4 is 0 Å². The summed E-state index contributed by atoms with van der Waals surface area (Å²) < 4.78 is 0. The molecule has 0 saturated carbocycles. The summed E-state index contributed by atoms with van der Waals surface area (Å²) in [6, 6.07) is 0. The number of unbranched alkanes of at least 4 members (excludes halogenated alkanes) is 3. The fourth-order valence-electron chi connectivity index (χ4n) is 1.77. The van der Waals surface area contributed by atoms with Crippen molar-refractivity contribution < 1.29 is 0 Å². The van der Waals surface area contributed by atoms with Gasteiger partial charge in [0.15, 0.2) is 0 Å². The topological polar surface area (TPSA) is 0 Å². The molecular formula is C18H30. The smallest absolute Gasteiger partial charge is 0.0316 e. The van der Waals surface area contributed by atoms with E-state index < -0.39 is 0 Å². The van der Waals surface area contributed by atoms with E-state index in [1.165, 1.54) is 51.4 Å². The third-order valence-electron chi connectivity index (χ3n) is 2.89. The van der Waals surface area contributed by atoms with Crippen LogP contribution in [0, 0.1) is 0 Å². The van der Waals surface area contributed by atoms with Crippen molar-refractivity contribution in [3.8, 4) is 0 Å². The minimum atomic E-state index is 1.15. The van der Waals surface area contributed by atoms with E-state index in [1.807, 2.05) is 12.2 Å². The second-order valence-corrected chi connectivity index (χ2v) is 4.67. The largest absolute Gasteiger partial charge is 0.103 e. The fourth-order valence-corrected chi connectivity index (χ4v) is 1.77. The molecule has 0 amide bonds. The average molecular weight is 246 g/mol. The molecule has 0 bridgehead atoms. The van der Waals surface area contributed by atoms with Gasteiger partial charge < -0.3 is 0 Å². The summed E-state index contributed by atoms with van der Waals surface area (Å²) in [7, 11) is 0. The van der Waals surface area contributed by atoms with Crippen molar-refractivity contribution in [2.24, 2.45) is 0 Å². The zero-order chi connectivity index (χ0) is 13.3. The molecule has 0 heteroatoms. The average Bonchev–Trinajstić information content (AvgIpc) is 2.42. The predicted octanol–water partition coefficient (Wildman–Crippen LogP) is 6.37. The van der Waals surface area contributed by atoms with Gasteiger partial charge in [0.25, 0.3) is 0 Å². The highest BCUT2D eigenvalue weighted by Crippen LogP contribution is 2.06. The minimum absolute atomic E-state index is 1.15. The lowest BCUT2D eigenvalue weighted by Gasteiger charge is -1.95. The van der Waals surface area contributed by atoms with Crippen molar-refractivity contribution in [3.05, 3.63) is 49.6 Å². The van der Waals surface area contributed by atoms with E-state index in [0.717, 1.165) is 12.8 Å². The molecule has 1 aliphatic carbocycles. The van der Waals surface area contributed by atoms with Gasteiger partial charge in [0, 0.05) is 0 Å². The van der Waals surface area contributed by atoms with Crippen LogP contribution >= 0.6 is 0 Å². The third kappa shape index (κ3) is 15.0. The second-order valence-electron chi connectivity index (χ2n) is 4.67. The lowest BCUT2D eigenvalue weighted by Crippen LogP contribution is -1.75. The van der Waals surface area contributed by atoms with Crippen LogP contribution in [0.3, 0.4) is 0 Å². The first-order valence-electron chi connectivity index (χ1n) is 7.43. The molecule has 0 unspecified atom stereocenters. The van der Waals surface area contributed by atoms with Crippen LogP contribution in [0.25, 0.3) is 0 Å². The molecule has 0 spiro atoms. The van der Waals surface area contributed by atoms with Gasteiger partial charge >= 0.3 is 0 Å². The number of hydrogen-bond donors (Lipinski definition) is 0. The van der Waals surface area contributed by atoms with E-state index in [2.05, 4.69) is 37.5 Å². The van der Waals surface area contributed by atoms with Gasteiger partial charge in [-0.3, -0.25) is 0 Å². The minimum Gasteiger partial charge on any atom is -0.103 e. The van der Waals surface area contributed by atoms with Gasteiger partial charge in [0.05, 0.1) is 0 Å². The van der Waals surface area contributed by atoms with Gasteiger partial charge in [-0.2, -0.15) is 0 Å². The molecule has 0 N–H and O–H groups in total. The summed E-state index contributed by atoms with van der Waals surface area (Å²) in [6.45, 7) is 7.26. The molecule has 0 saturated heterocycles. The Morgan fingerprint density at radius 3 is 1.44 bits per heavy atom. The molecule has 0 aromatic rings. The van der Waals surface area contributed by atoms with Crippen LogP contribution < -0.4 is 0 Å². The van der Waals surface area contributed by atoms with Gasteiger partial charge in [-0.15, -0.1) is 13.2 Å². The van der Waals surface area contributed by atoms with E-state index in [-0.39, 0.29) is 0 Å². The summed E-state index contributed by atoms with van der Waals surface area (Å²) in [6.07, 6.45) is 25.7. The van der Waals surface area contributed by atoms with E-state index in [1.54, 1.807) is 0 Å². The molecule has 0 aromatic heterocycles. The van der Waals surface area contributed by atoms with E-state index in [4.69, 9.17) is 0 Å². The normalized spacial score (nSPS) is 15.3. The van der Waals surface area contributed by atoms with Crippen LogP contribution in [0.5, 0.6) is 0 Å². The number of hydrogen-bond acceptors (Lipinski definition) is 0. The van der Waals surface area contributed by atoms with Gasteiger partial charge in [-0.25, -0.2) is 0 Å². The standard InChI is InChI=1S/C10H16.C8H14/c1-2-4-6-8-10-9-7-5-3-1;1-3-5-7-8-6-4-2/h1-2,7,9H,3-6,8,10H2;3-4H,1-2,5-8H2. The van der Waals surface area contributed by atoms with Gasteiger partial charge in [0.2, 0.25) is 0 Å². The Morgan fingerprint density at radius 2 is 1.06 bits per heavy atom. The number of rotatable bonds is 5. The van der Waals surface area contributed by atoms with Crippen LogP contribution in [-0.2, 0) is 0 Å². The van der Waals surface area contributed by atoms with Crippen molar-refractivity contribution in [1.29, 1.82) is 0 Å². The first-order chi connectivity index (χ1) is 8.91. The van der Waals surface area contributed by atoms with Gasteiger partial charge in [-0.1, -0.05) is 36.5 Å². The number of allylic oxidation sites excluding steroid dienone is 6. The zero-order valence-electron chi connectivity index (χ0n) is 11.9. The lowest BCUT2D eigenvalue weighted by molar-refractivity contribution is 0.754. The zero-order valence-corrected chi connectivity index (χ0v) is 11.9. The Morgan fingerprint density at radius 1 is 0.667 bits per heavy atom. The fraction of sp³-hybridized carbons (Fsp3) is 0.556. The molecule has 0 aromatic carbocycles. The highest BCUT2D eigenvalue weighted by Gasteiger charge is 1.85. The first kappa shape index (κ1) is 17.0. The van der Waals surface area contributed by atoms with Crippen LogP contribution in [0.15, 0.2) is 49.6 Å². The Kier molecular flexibility index (Phi) is 15.0. The Labute approximate surface area is 114 Å². The van der Waals surface area contributed by atoms with Crippen molar-refractivity contribution in [2.45, 2.75) is 64.2 Å². The van der Waals surface area contributed by atoms with Crippen LogP contribution in [0.2, 0.25) is 0 Å². The molecular weight excluding hydrogens is 216 g/mol. The molecule has 102 valence electrons. The monoisotopic (exact) mass is 246 g/mol. The SMILES string of the molecule is C1=CCCCCC=CCC1.C=CCCCCC=C. The molecule has 0 aliphatic heterocycles. The van der Waals surface area contributed by atoms with Crippen molar-refractivity contribution in [1.82, 2.24) is 0 Å². The maximum absolute atomic E-state index is 3.63. The Bertz CT molecular complexity index is 206. The van der Waals surface area contributed by atoms with Gasteiger partial charge in [0.1, 0.15) is 0 Å². The molecule has 0 atom stereocenters. The van der Waals surface area contributed by atoms with Gasteiger partial charge in [-0.05, 0) is 64.2 Å². The third-order valence-corrected chi connectivity index (χ3v) is 2.89. The predicted molar refractivity (Wildman–Crippen MR) is 84.8 cm³/mol. The first-order valence-corrected chi connectivity index (χ1v) is 7.43. The van der Waals surface area contributed by atoms with Crippen LogP contribution in [0.1, 0.15) is 64.2 Å². The summed E-state index contributed by atoms with van der Waals surface area (Å²) in [5.41, 5.74) is 0. The summed E-state index contributed by atoms with van der Waals surface area (Å²) in [4.78, 5) is 0. The Balaban J connectivity index is 0.000000331. The quantitative estimate of drug-likeness (QED) is 0.390. The second kappa shape index (κ2) is 16.0. The summed E-state index contributed by atoms with van der Waals surface area (Å²) in [5, 5.41) is 0.